The van der Waals surface area contributed by atoms with Crippen LogP contribution in [-0.4, -0.2) is 23.8 Å². The van der Waals surface area contributed by atoms with Gasteiger partial charge in [-0.1, -0.05) is 36.4 Å². The number of rotatable bonds is 6. The van der Waals surface area contributed by atoms with Gasteiger partial charge in [-0.3, -0.25) is 4.79 Å². The summed E-state index contributed by atoms with van der Waals surface area (Å²) in [5.74, 6) is 0.202. The zero-order valence-corrected chi connectivity index (χ0v) is 19.0. The number of halogens is 1. The molecule has 1 atom stereocenters. The number of nitrogens with zero attached hydrogens (tertiary/aromatic N) is 1. The molecule has 0 bridgehead atoms. The number of methoxy groups -OCH3 is 1. The highest BCUT2D eigenvalue weighted by Crippen LogP contribution is 2.32. The molecular weight excluding hydrogens is 424 g/mol. The summed E-state index contributed by atoms with van der Waals surface area (Å²) in [5.41, 5.74) is 3.43. The highest BCUT2D eigenvalue weighted by Gasteiger charge is 2.21. The minimum atomic E-state index is -0.593. The number of carbonyl (C=O) groups is 1. The number of hydrogen-bond donors (Lipinski definition) is 1. The Labute approximate surface area is 184 Å². The molecule has 2 heterocycles. The predicted octanol–water partition coefficient (Wildman–Crippen LogP) is 5.53. The third-order valence-corrected chi connectivity index (χ3v) is 5.85. The summed E-state index contributed by atoms with van der Waals surface area (Å²) in [4.78, 5) is 29.2. The zero-order valence-electron chi connectivity index (χ0n) is 17.5. The van der Waals surface area contributed by atoms with Crippen LogP contribution in [0, 0.1) is 13.8 Å². The molecule has 0 fully saturated rings. The van der Waals surface area contributed by atoms with E-state index in [0.29, 0.717) is 27.3 Å². The van der Waals surface area contributed by atoms with Gasteiger partial charge in [-0.15, -0.1) is 0 Å². The predicted molar refractivity (Wildman–Crippen MR) is 121 cm³/mol. The minimum Gasteiger partial charge on any atom is -0.464 e. The van der Waals surface area contributed by atoms with Crippen molar-refractivity contribution in [3.8, 4) is 0 Å². The van der Waals surface area contributed by atoms with E-state index >= 15 is 0 Å². The molecule has 0 saturated heterocycles. The van der Waals surface area contributed by atoms with Crippen LogP contribution in [-0.2, 0) is 4.74 Å². The molecule has 30 heavy (non-hydrogen) atoms. The maximum atomic E-state index is 12.9. The van der Waals surface area contributed by atoms with Crippen LogP contribution in [0.3, 0.4) is 0 Å². The van der Waals surface area contributed by atoms with Crippen molar-refractivity contribution in [2.45, 2.75) is 38.8 Å². The quantitative estimate of drug-likeness (QED) is 0.303. The number of carbonyl (C=O) groups excluding carboxylic acids is 1. The van der Waals surface area contributed by atoms with Crippen LogP contribution < -0.4 is 10.7 Å². The van der Waals surface area contributed by atoms with Gasteiger partial charge in [0.05, 0.1) is 24.2 Å². The second-order valence-electron chi connectivity index (χ2n) is 6.90. The van der Waals surface area contributed by atoms with E-state index in [1.807, 2.05) is 32.9 Å². The molecule has 6 nitrogen and oxygen atoms in total. The summed E-state index contributed by atoms with van der Waals surface area (Å²) >= 11 is 7.45. The van der Waals surface area contributed by atoms with Crippen molar-refractivity contribution in [1.29, 1.82) is 0 Å². The van der Waals surface area contributed by atoms with Crippen molar-refractivity contribution in [2.24, 2.45) is 0 Å². The number of aromatic nitrogens is 1. The lowest BCUT2D eigenvalue weighted by molar-refractivity contribution is 0.0595. The summed E-state index contributed by atoms with van der Waals surface area (Å²) < 4.78 is 11.0. The number of nitrogens with one attached hydrogen (secondary N) is 1. The van der Waals surface area contributed by atoms with Crippen molar-refractivity contribution in [3.05, 3.63) is 62.0 Å². The number of anilines is 1. The van der Waals surface area contributed by atoms with Crippen molar-refractivity contribution in [1.82, 2.24) is 4.98 Å². The molecule has 1 N–H and O–H groups in total. The van der Waals surface area contributed by atoms with E-state index in [2.05, 4.69) is 10.3 Å². The first kappa shape index (κ1) is 22.2. The lowest BCUT2D eigenvalue weighted by Crippen LogP contribution is -2.15. The Morgan fingerprint density at radius 2 is 2.07 bits per heavy atom. The van der Waals surface area contributed by atoms with Crippen molar-refractivity contribution >= 4 is 46.0 Å². The fraction of sp³-hybridized carbons (Fsp3) is 0.318. The molecule has 1 unspecified atom stereocenters. The Morgan fingerprint density at radius 3 is 2.73 bits per heavy atom. The van der Waals surface area contributed by atoms with Gasteiger partial charge in [-0.05, 0) is 50.3 Å². The fourth-order valence-electron chi connectivity index (χ4n) is 3.25. The Kier molecular flexibility index (Phi) is 6.73. The van der Waals surface area contributed by atoms with Gasteiger partial charge in [0.15, 0.2) is 16.2 Å². The van der Waals surface area contributed by atoms with E-state index in [0.717, 1.165) is 16.9 Å². The van der Waals surface area contributed by atoms with E-state index < -0.39 is 5.97 Å². The van der Waals surface area contributed by atoms with Gasteiger partial charge in [0.1, 0.15) is 10.7 Å². The highest BCUT2D eigenvalue weighted by atomic mass is 35.5. The molecule has 0 saturated carbocycles. The molecule has 0 aliphatic heterocycles. The summed E-state index contributed by atoms with van der Waals surface area (Å²) in [6.45, 7) is 7.66. The first-order valence-electron chi connectivity index (χ1n) is 9.49. The standard InChI is InChI=1S/C22H23ClN2O4S/c1-6-30-22-12(3)19(26)15-10-11(2)9-14(20(15)29-22)13(4)24-16-7-8-17(23)25-18(16)21(27)28-5/h7-10,13,24H,6H2,1-5H3. The number of ether oxygens (including phenoxy) is 1. The molecule has 8 heteroatoms. The second kappa shape index (κ2) is 9.10. The van der Waals surface area contributed by atoms with E-state index in [4.69, 9.17) is 20.8 Å². The summed E-state index contributed by atoms with van der Waals surface area (Å²) in [6, 6.07) is 6.80. The lowest BCUT2D eigenvalue weighted by atomic mass is 10.0. The van der Waals surface area contributed by atoms with E-state index in [1.54, 1.807) is 19.1 Å². The SMILES string of the molecule is CCSc1oc2c(C(C)Nc3ccc(Cl)nc3C(=O)OC)cc(C)cc2c(=O)c1C. The van der Waals surface area contributed by atoms with Gasteiger partial charge in [-0.25, -0.2) is 9.78 Å². The van der Waals surface area contributed by atoms with E-state index in [1.165, 1.54) is 18.9 Å². The monoisotopic (exact) mass is 446 g/mol. The number of esters is 1. The lowest BCUT2D eigenvalue weighted by Gasteiger charge is -2.19. The molecule has 3 rings (SSSR count). The average Bonchev–Trinajstić information content (AvgIpc) is 2.72. The van der Waals surface area contributed by atoms with Gasteiger partial charge in [0.2, 0.25) is 0 Å². The summed E-state index contributed by atoms with van der Waals surface area (Å²) in [7, 11) is 1.29. The fourth-order valence-corrected chi connectivity index (χ4v) is 4.11. The van der Waals surface area contributed by atoms with Gasteiger partial charge in [-0.2, -0.15) is 0 Å². The Hall–Kier alpha value is -2.51. The molecule has 0 amide bonds. The number of fused-ring (bicyclic) bond motifs is 1. The molecule has 0 aliphatic rings. The molecule has 1 aromatic carbocycles. The second-order valence-corrected chi connectivity index (χ2v) is 8.52. The smallest absolute Gasteiger partial charge is 0.358 e. The summed E-state index contributed by atoms with van der Waals surface area (Å²) in [6.07, 6.45) is 0. The largest absolute Gasteiger partial charge is 0.464 e. The van der Waals surface area contributed by atoms with Crippen LogP contribution in [0.15, 0.2) is 38.6 Å². The van der Waals surface area contributed by atoms with Crippen molar-refractivity contribution < 1.29 is 13.9 Å². The van der Waals surface area contributed by atoms with Gasteiger partial charge in [0.25, 0.3) is 0 Å². The average molecular weight is 447 g/mol. The van der Waals surface area contributed by atoms with Gasteiger partial charge >= 0.3 is 5.97 Å². The zero-order chi connectivity index (χ0) is 22.0. The first-order valence-corrected chi connectivity index (χ1v) is 10.8. The summed E-state index contributed by atoms with van der Waals surface area (Å²) in [5, 5.41) is 4.64. The third-order valence-electron chi connectivity index (χ3n) is 4.70. The Balaban J connectivity index is 2.13. The maximum Gasteiger partial charge on any atom is 0.358 e. The third kappa shape index (κ3) is 4.32. The van der Waals surface area contributed by atoms with E-state index in [-0.39, 0.29) is 22.3 Å². The Morgan fingerprint density at radius 1 is 1.33 bits per heavy atom. The van der Waals surface area contributed by atoms with Gasteiger partial charge in [0, 0.05) is 11.1 Å². The topological polar surface area (TPSA) is 81.4 Å². The molecule has 3 aromatic rings. The van der Waals surface area contributed by atoms with Gasteiger partial charge < -0.3 is 14.5 Å². The van der Waals surface area contributed by atoms with Crippen LogP contribution >= 0.6 is 23.4 Å². The van der Waals surface area contributed by atoms with E-state index in [9.17, 15) is 9.59 Å². The van der Waals surface area contributed by atoms with Crippen molar-refractivity contribution in [2.75, 3.05) is 18.2 Å². The number of hydrogen-bond acceptors (Lipinski definition) is 7. The van der Waals surface area contributed by atoms with Crippen LogP contribution in [0.2, 0.25) is 5.15 Å². The molecule has 0 radical (unpaired) electrons. The molecule has 0 aliphatic carbocycles. The molecular formula is C22H23ClN2O4S. The maximum absolute atomic E-state index is 12.9. The van der Waals surface area contributed by atoms with Crippen LogP contribution in [0.5, 0.6) is 0 Å². The number of pyridine rings is 1. The highest BCUT2D eigenvalue weighted by molar-refractivity contribution is 7.99. The van der Waals surface area contributed by atoms with Crippen LogP contribution in [0.4, 0.5) is 5.69 Å². The van der Waals surface area contributed by atoms with Crippen LogP contribution in [0.1, 0.15) is 47.1 Å². The normalized spacial score (nSPS) is 12.1. The molecule has 0 spiro atoms. The first-order chi connectivity index (χ1) is 14.3. The minimum absolute atomic E-state index is 0.0345. The number of benzene rings is 1. The molecule has 158 valence electrons. The van der Waals surface area contributed by atoms with Crippen molar-refractivity contribution in [3.63, 3.8) is 0 Å². The van der Waals surface area contributed by atoms with Crippen LogP contribution in [0.25, 0.3) is 11.0 Å². The molecule has 2 aromatic heterocycles. The number of thioether (sulfide) groups is 1. The Bertz CT molecular complexity index is 1180. The number of aryl methyl sites for hydroxylation is 1.